The molecule has 0 saturated heterocycles. The van der Waals surface area contributed by atoms with Crippen molar-refractivity contribution in [1.29, 1.82) is 0 Å². The van der Waals surface area contributed by atoms with Crippen molar-refractivity contribution < 1.29 is 29.6 Å². The van der Waals surface area contributed by atoms with Crippen molar-refractivity contribution in [3.05, 3.63) is 30.1 Å². The second kappa shape index (κ2) is 6.74. The van der Waals surface area contributed by atoms with Crippen LogP contribution in [-0.2, 0) is 19.2 Å². The van der Waals surface area contributed by atoms with Gasteiger partial charge in [-0.05, 0) is 11.6 Å². The molecule has 0 aliphatic carbocycles. The van der Waals surface area contributed by atoms with Gasteiger partial charge in [0.05, 0.1) is 0 Å². The largest absolute Gasteiger partial charge is 1.00 e. The molecule has 0 amide bonds. The first-order valence-corrected chi connectivity index (χ1v) is 3.94. The van der Waals surface area contributed by atoms with Gasteiger partial charge < -0.3 is 30.2 Å². The Hall–Kier alpha value is 0.260. The van der Waals surface area contributed by atoms with Gasteiger partial charge in [0.15, 0.2) is 0 Å². The Bertz CT molecular complexity index is 240. The maximum atomic E-state index is 4.68. The number of pyridine rings is 1. The van der Waals surface area contributed by atoms with E-state index in [0.717, 1.165) is 5.56 Å². The van der Waals surface area contributed by atoms with E-state index >= 15 is 0 Å². The molecule has 0 spiro atoms. The molecule has 1 aromatic rings. The molecule has 0 saturated carbocycles. The van der Waals surface area contributed by atoms with Crippen molar-refractivity contribution in [3.63, 3.8) is 0 Å². The monoisotopic (exact) mass is 206 g/mol. The van der Waals surface area contributed by atoms with E-state index in [1.807, 2.05) is 12.1 Å². The van der Waals surface area contributed by atoms with Crippen LogP contribution < -0.4 is 34.9 Å². The first kappa shape index (κ1) is 12.3. The number of hydrogen-bond donors (Lipinski definition) is 1. The number of hydrogen-bond acceptors (Lipinski definition) is 3. The minimum absolute atomic E-state index is 0. The van der Waals surface area contributed by atoms with E-state index in [0.29, 0.717) is 10.9 Å². The van der Waals surface area contributed by atoms with Crippen LogP contribution in [0.1, 0.15) is 5.56 Å². The number of aromatic nitrogens is 1. The number of nitrogens with one attached hydrogen (secondary N) is 1. The van der Waals surface area contributed by atoms with E-state index in [4.69, 9.17) is 0 Å². The number of thiocarbonyl (C=S) groups is 1. The average Bonchev–Trinajstić information content (AvgIpc) is 2.03. The van der Waals surface area contributed by atoms with Gasteiger partial charge in [-0.15, -0.1) is 0 Å². The van der Waals surface area contributed by atoms with Gasteiger partial charge in [0.25, 0.3) is 0 Å². The molecule has 1 rings (SSSR count). The molecule has 0 bridgehead atoms. The van der Waals surface area contributed by atoms with Gasteiger partial charge in [-0.2, -0.15) is 0 Å². The minimum atomic E-state index is 0. The molecule has 58 valence electrons. The molecule has 0 aliphatic rings. The summed E-state index contributed by atoms with van der Waals surface area (Å²) in [6.07, 6.45) is 3.51. The summed E-state index contributed by atoms with van der Waals surface area (Å²) in [4.78, 5) is 3.95. The van der Waals surface area contributed by atoms with Gasteiger partial charge >= 0.3 is 29.6 Å². The standard InChI is InChI=1S/C7H8N2S2.Na/c10-7(11)9-5-6-2-1-3-8-4-6;/h1-4H,5H2,(H2,9,10,11);/q;+1/p-1. The van der Waals surface area contributed by atoms with Crippen LogP contribution >= 0.6 is 12.2 Å². The number of rotatable bonds is 2. The Morgan fingerprint density at radius 3 is 2.92 bits per heavy atom. The van der Waals surface area contributed by atoms with Gasteiger partial charge in [0, 0.05) is 18.9 Å². The van der Waals surface area contributed by atoms with Gasteiger partial charge in [-0.3, -0.25) is 4.98 Å². The summed E-state index contributed by atoms with van der Waals surface area (Å²) in [7, 11) is 0. The quantitative estimate of drug-likeness (QED) is 0.344. The summed E-state index contributed by atoms with van der Waals surface area (Å²) >= 11 is 9.36. The van der Waals surface area contributed by atoms with Crippen molar-refractivity contribution >= 4 is 29.2 Å². The van der Waals surface area contributed by atoms with E-state index in [-0.39, 0.29) is 29.6 Å². The van der Waals surface area contributed by atoms with Crippen molar-refractivity contribution in [2.24, 2.45) is 0 Å². The normalized spacial score (nSPS) is 8.33. The summed E-state index contributed by atoms with van der Waals surface area (Å²) < 4.78 is 0.397. The third kappa shape index (κ3) is 5.00. The van der Waals surface area contributed by atoms with E-state index in [2.05, 4.69) is 35.1 Å². The first-order chi connectivity index (χ1) is 5.29. The molecule has 12 heavy (non-hydrogen) atoms. The summed E-state index contributed by atoms with van der Waals surface area (Å²) in [6.45, 7) is 0.663. The Balaban J connectivity index is 0.00000121. The van der Waals surface area contributed by atoms with Crippen LogP contribution in [0.3, 0.4) is 0 Å². The SMILES string of the molecule is S=C([S-])NCc1cccnc1.[Na+]. The summed E-state index contributed by atoms with van der Waals surface area (Å²) in [6, 6.07) is 3.84. The van der Waals surface area contributed by atoms with Crippen LogP contribution in [0.5, 0.6) is 0 Å². The molecule has 2 nitrogen and oxygen atoms in total. The molecule has 0 aromatic carbocycles. The smallest absolute Gasteiger partial charge is 0.412 e. The molecular weight excluding hydrogens is 199 g/mol. The van der Waals surface area contributed by atoms with Gasteiger partial charge in [0.2, 0.25) is 0 Å². The van der Waals surface area contributed by atoms with Crippen LogP contribution in [0.15, 0.2) is 24.5 Å². The zero-order valence-electron chi connectivity index (χ0n) is 6.78. The van der Waals surface area contributed by atoms with Gasteiger partial charge in [-0.25, -0.2) is 0 Å². The molecule has 0 radical (unpaired) electrons. The molecule has 5 heteroatoms. The van der Waals surface area contributed by atoms with Crippen LogP contribution in [-0.4, -0.2) is 9.30 Å². The molecule has 1 N–H and O–H groups in total. The minimum Gasteiger partial charge on any atom is -0.412 e. The van der Waals surface area contributed by atoms with Crippen LogP contribution in [0.4, 0.5) is 0 Å². The molecule has 0 aliphatic heterocycles. The van der Waals surface area contributed by atoms with Gasteiger partial charge in [0.1, 0.15) is 0 Å². The van der Waals surface area contributed by atoms with Crippen LogP contribution in [0.2, 0.25) is 0 Å². The molecular formula is C7H7N2NaS2. The zero-order chi connectivity index (χ0) is 8.10. The molecule has 0 unspecified atom stereocenters. The predicted molar refractivity (Wildman–Crippen MR) is 51.0 cm³/mol. The van der Waals surface area contributed by atoms with Crippen LogP contribution in [0, 0.1) is 0 Å². The van der Waals surface area contributed by atoms with Crippen molar-refractivity contribution in [3.8, 4) is 0 Å². The Morgan fingerprint density at radius 1 is 1.67 bits per heavy atom. The summed E-state index contributed by atoms with van der Waals surface area (Å²) in [5.74, 6) is 0. The number of nitrogens with zero attached hydrogens (tertiary/aromatic N) is 1. The van der Waals surface area contributed by atoms with Crippen molar-refractivity contribution in [2.45, 2.75) is 6.54 Å². The fourth-order valence-electron chi connectivity index (χ4n) is 0.677. The van der Waals surface area contributed by atoms with E-state index in [1.165, 1.54) is 0 Å². The maximum absolute atomic E-state index is 4.68. The zero-order valence-corrected chi connectivity index (χ0v) is 10.4. The Kier molecular flexibility index (Phi) is 6.89. The predicted octanol–water partition coefficient (Wildman–Crippen LogP) is -1.99. The Labute approximate surface area is 105 Å². The first-order valence-electron chi connectivity index (χ1n) is 3.13. The third-order valence-corrected chi connectivity index (χ3v) is 1.45. The van der Waals surface area contributed by atoms with E-state index < -0.39 is 0 Å². The molecule has 1 heterocycles. The second-order valence-electron chi connectivity index (χ2n) is 2.00. The van der Waals surface area contributed by atoms with E-state index in [9.17, 15) is 0 Å². The third-order valence-electron chi connectivity index (χ3n) is 1.16. The van der Waals surface area contributed by atoms with Gasteiger partial charge in [-0.1, -0.05) is 10.4 Å². The van der Waals surface area contributed by atoms with Crippen molar-refractivity contribution in [1.82, 2.24) is 10.3 Å². The average molecular weight is 206 g/mol. The second-order valence-corrected chi connectivity index (χ2v) is 3.08. The van der Waals surface area contributed by atoms with Crippen LogP contribution in [0.25, 0.3) is 0 Å². The Morgan fingerprint density at radius 2 is 2.42 bits per heavy atom. The fourth-order valence-corrected chi connectivity index (χ4v) is 0.821. The van der Waals surface area contributed by atoms with E-state index in [1.54, 1.807) is 12.4 Å². The summed E-state index contributed by atoms with van der Waals surface area (Å²) in [5.41, 5.74) is 1.08. The molecule has 1 aromatic heterocycles. The van der Waals surface area contributed by atoms with Crippen molar-refractivity contribution in [2.75, 3.05) is 0 Å². The molecule has 0 atom stereocenters. The maximum Gasteiger partial charge on any atom is 1.00 e. The fraction of sp³-hybridized carbons (Fsp3) is 0.143. The summed E-state index contributed by atoms with van der Waals surface area (Å²) in [5, 5.41) is 2.87. The molecule has 0 fully saturated rings. The topological polar surface area (TPSA) is 24.9 Å².